The molecule has 5 aliphatic rings. The van der Waals surface area contributed by atoms with Crippen LogP contribution in [0.5, 0.6) is 5.75 Å². The maximum Gasteiger partial charge on any atom is 0.262 e. The quantitative estimate of drug-likeness (QED) is 0.268. The zero-order valence-corrected chi connectivity index (χ0v) is 31.2. The maximum absolute atomic E-state index is 13.5. The molecular formula is C41H42ClN7O6. The number of nitrogens with zero attached hydrogens (tertiary/aromatic N) is 6. The molecule has 8 rings (SSSR count). The van der Waals surface area contributed by atoms with Crippen LogP contribution in [0.4, 0.5) is 17.1 Å². The van der Waals surface area contributed by atoms with Crippen LogP contribution in [-0.2, 0) is 9.59 Å². The van der Waals surface area contributed by atoms with Gasteiger partial charge in [0.15, 0.2) is 0 Å². The maximum atomic E-state index is 13.5. The molecule has 5 aliphatic heterocycles. The first-order valence-corrected chi connectivity index (χ1v) is 19.4. The van der Waals surface area contributed by atoms with E-state index in [2.05, 4.69) is 24.9 Å². The lowest BCUT2D eigenvalue weighted by Gasteiger charge is -2.43. The molecule has 0 saturated carbocycles. The van der Waals surface area contributed by atoms with Gasteiger partial charge in [0.05, 0.1) is 22.7 Å². The molecule has 0 bridgehead atoms. The van der Waals surface area contributed by atoms with Crippen molar-refractivity contribution in [3.8, 4) is 5.75 Å². The fourth-order valence-corrected chi connectivity index (χ4v) is 8.72. The number of halogens is 1. The van der Waals surface area contributed by atoms with Crippen molar-refractivity contribution in [1.29, 1.82) is 0 Å². The van der Waals surface area contributed by atoms with Gasteiger partial charge >= 0.3 is 0 Å². The summed E-state index contributed by atoms with van der Waals surface area (Å²) in [5.74, 6) is -1.27. The summed E-state index contributed by atoms with van der Waals surface area (Å²) in [4.78, 5) is 77.3. The molecule has 5 amide bonds. The van der Waals surface area contributed by atoms with Gasteiger partial charge in [-0.1, -0.05) is 17.7 Å². The van der Waals surface area contributed by atoms with Gasteiger partial charge in [-0.3, -0.25) is 39.1 Å². The Morgan fingerprint density at radius 1 is 0.745 bits per heavy atom. The molecule has 1 N–H and O–H groups in total. The van der Waals surface area contributed by atoms with Gasteiger partial charge in [0.2, 0.25) is 17.5 Å². The number of nitrogens with one attached hydrogen (secondary N) is 1. The highest BCUT2D eigenvalue weighted by Gasteiger charge is 2.45. The SMILES string of the molecule is [C-]#[N+]c1ccc(OC2CCN(c3ccc(C(=O)N4CCN(C5CCN(c6ccc7c(c6)C(=O)N(C6CCC(=O)NC6=O)C7=O)CC5)CC4)cc3)CC2)cc1Cl. The Kier molecular flexibility index (Phi) is 10.2. The van der Waals surface area contributed by atoms with E-state index in [-0.39, 0.29) is 30.4 Å². The van der Waals surface area contributed by atoms with Crippen LogP contribution in [0.15, 0.2) is 60.7 Å². The van der Waals surface area contributed by atoms with Crippen molar-refractivity contribution in [2.45, 2.75) is 56.7 Å². The summed E-state index contributed by atoms with van der Waals surface area (Å²) >= 11 is 6.18. The molecule has 1 atom stereocenters. The Labute approximate surface area is 324 Å². The first-order valence-electron chi connectivity index (χ1n) is 19.0. The van der Waals surface area contributed by atoms with Crippen LogP contribution in [0.3, 0.4) is 0 Å². The van der Waals surface area contributed by atoms with E-state index in [1.165, 1.54) is 0 Å². The van der Waals surface area contributed by atoms with Gasteiger partial charge in [-0.2, -0.15) is 0 Å². The number of rotatable bonds is 7. The third-order valence-electron chi connectivity index (χ3n) is 11.6. The number of ether oxygens (including phenoxy) is 1. The monoisotopic (exact) mass is 763 g/mol. The topological polar surface area (TPSA) is 127 Å². The average molecular weight is 764 g/mol. The first kappa shape index (κ1) is 36.5. The van der Waals surface area contributed by atoms with Crippen LogP contribution in [0.2, 0.25) is 5.02 Å². The van der Waals surface area contributed by atoms with E-state index in [0.29, 0.717) is 46.7 Å². The van der Waals surface area contributed by atoms with Crippen molar-refractivity contribution in [2.75, 3.05) is 62.2 Å². The van der Waals surface area contributed by atoms with E-state index in [0.717, 1.165) is 81.2 Å². The number of fused-ring (bicyclic) bond motifs is 1. The highest BCUT2D eigenvalue weighted by atomic mass is 35.5. The number of carbonyl (C=O) groups is 5. The second-order valence-corrected chi connectivity index (χ2v) is 15.2. The summed E-state index contributed by atoms with van der Waals surface area (Å²) in [7, 11) is 0. The number of carbonyl (C=O) groups excluding carboxylic acids is 5. The van der Waals surface area contributed by atoms with Crippen molar-refractivity contribution in [3.05, 3.63) is 93.8 Å². The van der Waals surface area contributed by atoms with Gasteiger partial charge in [0, 0.05) is 94.6 Å². The Balaban J connectivity index is 0.788. The standard InChI is InChI=1S/C41H42ClN7O6/c1-43-35-9-7-31(25-34(35)42)55-30-14-18-45(19-15-30)27-4-2-26(3-5-27)39(52)48-22-20-47(21-23-48)28-12-16-46(17-13-28)29-6-8-32-33(24-29)41(54)49(40(32)53)36-10-11-37(50)44-38(36)51/h2-9,24-25,28,30,36H,10-23H2,(H,44,50,51). The predicted octanol–water partition coefficient (Wildman–Crippen LogP) is 4.77. The molecular weight excluding hydrogens is 722 g/mol. The normalized spacial score (nSPS) is 21.4. The van der Waals surface area contributed by atoms with Crippen molar-refractivity contribution in [1.82, 2.24) is 20.0 Å². The Morgan fingerprint density at radius 3 is 2.07 bits per heavy atom. The van der Waals surface area contributed by atoms with Gasteiger partial charge in [0.25, 0.3) is 17.7 Å². The minimum absolute atomic E-state index is 0.0526. The van der Waals surface area contributed by atoms with Gasteiger partial charge in [-0.25, -0.2) is 4.85 Å². The molecule has 0 aliphatic carbocycles. The molecule has 14 heteroatoms. The third kappa shape index (κ3) is 7.36. The smallest absolute Gasteiger partial charge is 0.262 e. The highest BCUT2D eigenvalue weighted by Crippen LogP contribution is 2.33. The number of piperazine rings is 1. The molecule has 4 saturated heterocycles. The molecule has 1 unspecified atom stereocenters. The highest BCUT2D eigenvalue weighted by molar-refractivity contribution is 6.33. The summed E-state index contributed by atoms with van der Waals surface area (Å²) in [6.07, 6.45) is 3.89. The van der Waals surface area contributed by atoms with Crippen LogP contribution in [0, 0.1) is 6.57 Å². The van der Waals surface area contributed by atoms with Crippen LogP contribution < -0.4 is 19.9 Å². The Morgan fingerprint density at radius 2 is 1.40 bits per heavy atom. The summed E-state index contributed by atoms with van der Waals surface area (Å²) in [6.45, 7) is 13.4. The summed E-state index contributed by atoms with van der Waals surface area (Å²) in [5, 5.41) is 2.64. The summed E-state index contributed by atoms with van der Waals surface area (Å²) in [5.41, 5.74) is 3.65. The minimum Gasteiger partial charge on any atom is -0.490 e. The van der Waals surface area contributed by atoms with E-state index in [1.807, 2.05) is 35.2 Å². The van der Waals surface area contributed by atoms with Crippen molar-refractivity contribution in [3.63, 3.8) is 0 Å². The number of amides is 5. The second-order valence-electron chi connectivity index (χ2n) is 14.8. The number of anilines is 2. The van der Waals surface area contributed by atoms with E-state index in [9.17, 15) is 24.0 Å². The summed E-state index contributed by atoms with van der Waals surface area (Å²) in [6, 6.07) is 17.8. The third-order valence-corrected chi connectivity index (χ3v) is 11.9. The second kappa shape index (κ2) is 15.4. The van der Waals surface area contributed by atoms with Gasteiger partial charge in [-0.05, 0) is 73.9 Å². The molecule has 4 fully saturated rings. The van der Waals surface area contributed by atoms with E-state index in [4.69, 9.17) is 22.9 Å². The average Bonchev–Trinajstić information content (AvgIpc) is 3.46. The van der Waals surface area contributed by atoms with E-state index < -0.39 is 29.7 Å². The Bertz CT molecular complexity index is 2060. The van der Waals surface area contributed by atoms with Crippen molar-refractivity contribution in [2.24, 2.45) is 0 Å². The van der Waals surface area contributed by atoms with Crippen LogP contribution in [0.1, 0.15) is 69.6 Å². The minimum atomic E-state index is -0.980. The molecule has 3 aromatic carbocycles. The fourth-order valence-electron chi connectivity index (χ4n) is 8.51. The lowest BCUT2D eigenvalue weighted by atomic mass is 10.0. The molecule has 3 aromatic rings. The van der Waals surface area contributed by atoms with Crippen LogP contribution in [0.25, 0.3) is 4.85 Å². The molecule has 55 heavy (non-hydrogen) atoms. The van der Waals surface area contributed by atoms with Gasteiger partial charge in [0.1, 0.15) is 17.9 Å². The number of hydrogen-bond donors (Lipinski definition) is 1. The molecule has 284 valence electrons. The van der Waals surface area contributed by atoms with Crippen molar-refractivity contribution >= 4 is 58.2 Å². The zero-order valence-electron chi connectivity index (χ0n) is 30.4. The first-order chi connectivity index (χ1) is 26.7. The van der Waals surface area contributed by atoms with E-state index in [1.54, 1.807) is 30.3 Å². The lowest BCUT2D eigenvalue weighted by Crippen LogP contribution is -2.54. The van der Waals surface area contributed by atoms with Gasteiger partial charge < -0.3 is 19.4 Å². The van der Waals surface area contributed by atoms with Crippen molar-refractivity contribution < 1.29 is 28.7 Å². The number of benzene rings is 3. The molecule has 0 aromatic heterocycles. The van der Waals surface area contributed by atoms with Gasteiger partial charge in [-0.15, -0.1) is 0 Å². The summed E-state index contributed by atoms with van der Waals surface area (Å²) < 4.78 is 6.14. The number of imide groups is 2. The van der Waals surface area contributed by atoms with Crippen LogP contribution in [-0.4, -0.2) is 115 Å². The zero-order chi connectivity index (χ0) is 38.2. The predicted molar refractivity (Wildman–Crippen MR) is 206 cm³/mol. The number of piperidine rings is 3. The fraction of sp³-hybridized carbons (Fsp3) is 0.415. The molecule has 0 spiro atoms. The lowest BCUT2D eigenvalue weighted by molar-refractivity contribution is -0.136. The van der Waals surface area contributed by atoms with E-state index >= 15 is 0 Å². The van der Waals surface area contributed by atoms with Crippen LogP contribution >= 0.6 is 11.6 Å². The Hall–Kier alpha value is -5.45. The molecule has 13 nitrogen and oxygen atoms in total. The number of hydrogen-bond acceptors (Lipinski definition) is 9. The molecule has 0 radical (unpaired) electrons. The largest absolute Gasteiger partial charge is 0.490 e. The molecule has 5 heterocycles.